The molecule has 1 amide bonds. The third kappa shape index (κ3) is 2.96. The first-order chi connectivity index (χ1) is 6.67. The van der Waals surface area contributed by atoms with Crippen LogP contribution in [0.3, 0.4) is 0 Å². The normalized spacial score (nSPS) is 24.4. The Kier molecular flexibility index (Phi) is 4.35. The van der Waals surface area contributed by atoms with Crippen LogP contribution in [0.2, 0.25) is 0 Å². The van der Waals surface area contributed by atoms with Gasteiger partial charge < -0.3 is 15.7 Å². The highest BCUT2D eigenvalue weighted by atomic mass is 16.3. The number of carbonyl (C=O) groups is 1. The molecule has 4 heteroatoms. The fourth-order valence-electron chi connectivity index (χ4n) is 1.96. The molecule has 1 aliphatic heterocycles. The molecule has 0 aromatic carbocycles. The van der Waals surface area contributed by atoms with E-state index in [2.05, 4.69) is 6.92 Å². The number of nitrogens with zero attached hydrogens (tertiary/aromatic N) is 1. The lowest BCUT2D eigenvalue weighted by molar-refractivity contribution is -0.128. The molecule has 0 aromatic heterocycles. The molecule has 2 atom stereocenters. The number of hydrogen-bond acceptors (Lipinski definition) is 3. The van der Waals surface area contributed by atoms with Gasteiger partial charge in [0.15, 0.2) is 0 Å². The Labute approximate surface area is 85.1 Å². The number of amides is 1. The van der Waals surface area contributed by atoms with Crippen molar-refractivity contribution in [1.82, 2.24) is 4.90 Å². The zero-order chi connectivity index (χ0) is 10.6. The fraction of sp³-hybridized carbons (Fsp3) is 0.900. The number of likely N-dealkylation sites (tertiary alicyclic amines) is 1. The number of hydrogen-bond donors (Lipinski definition) is 2. The Bertz CT molecular complexity index is 197. The number of rotatable bonds is 5. The van der Waals surface area contributed by atoms with E-state index in [0.29, 0.717) is 18.9 Å². The number of β-amino-alcohol motifs (C(OH)–C–C–N with tert-alkyl or cyclic N) is 1. The van der Waals surface area contributed by atoms with Crippen LogP contribution in [0.4, 0.5) is 0 Å². The first-order valence-electron chi connectivity index (χ1n) is 5.33. The van der Waals surface area contributed by atoms with Gasteiger partial charge in [0.05, 0.1) is 6.10 Å². The van der Waals surface area contributed by atoms with Crippen LogP contribution in [-0.4, -0.2) is 41.7 Å². The standard InChI is InChI=1S/C10H20N2O2/c1-2-3-8-4-10(14)12(6-8)7-9(13)5-11/h8-9,13H,2-7,11H2,1H3. The van der Waals surface area contributed by atoms with E-state index in [1.165, 1.54) is 0 Å². The second kappa shape index (κ2) is 5.32. The van der Waals surface area contributed by atoms with Crippen LogP contribution in [-0.2, 0) is 4.79 Å². The largest absolute Gasteiger partial charge is 0.390 e. The van der Waals surface area contributed by atoms with Gasteiger partial charge in [0.1, 0.15) is 0 Å². The molecule has 0 bridgehead atoms. The topological polar surface area (TPSA) is 66.6 Å². The summed E-state index contributed by atoms with van der Waals surface area (Å²) in [4.78, 5) is 13.2. The molecule has 2 unspecified atom stereocenters. The van der Waals surface area contributed by atoms with Crippen molar-refractivity contribution in [1.29, 1.82) is 0 Å². The third-order valence-corrected chi connectivity index (χ3v) is 2.69. The summed E-state index contributed by atoms with van der Waals surface area (Å²) < 4.78 is 0. The van der Waals surface area contributed by atoms with Crippen LogP contribution >= 0.6 is 0 Å². The van der Waals surface area contributed by atoms with Gasteiger partial charge in [-0.3, -0.25) is 4.79 Å². The number of aliphatic hydroxyl groups is 1. The van der Waals surface area contributed by atoms with Gasteiger partial charge in [-0.1, -0.05) is 13.3 Å². The molecular formula is C10H20N2O2. The van der Waals surface area contributed by atoms with E-state index in [1.54, 1.807) is 4.90 Å². The van der Waals surface area contributed by atoms with E-state index in [1.807, 2.05) is 0 Å². The minimum atomic E-state index is -0.570. The van der Waals surface area contributed by atoms with Crippen LogP contribution in [0.5, 0.6) is 0 Å². The molecule has 1 fully saturated rings. The van der Waals surface area contributed by atoms with Crippen molar-refractivity contribution in [2.24, 2.45) is 11.7 Å². The first-order valence-corrected chi connectivity index (χ1v) is 5.33. The number of aliphatic hydroxyl groups excluding tert-OH is 1. The molecule has 1 rings (SSSR count). The highest BCUT2D eigenvalue weighted by molar-refractivity contribution is 5.78. The SMILES string of the molecule is CCCC1CC(=O)N(CC(O)CN)C1. The van der Waals surface area contributed by atoms with Crippen molar-refractivity contribution in [3.8, 4) is 0 Å². The number of carbonyl (C=O) groups excluding carboxylic acids is 1. The Morgan fingerprint density at radius 1 is 1.71 bits per heavy atom. The molecule has 4 nitrogen and oxygen atoms in total. The van der Waals surface area contributed by atoms with E-state index in [-0.39, 0.29) is 12.5 Å². The predicted molar refractivity (Wildman–Crippen MR) is 54.7 cm³/mol. The molecule has 14 heavy (non-hydrogen) atoms. The Morgan fingerprint density at radius 2 is 2.43 bits per heavy atom. The zero-order valence-electron chi connectivity index (χ0n) is 8.78. The quantitative estimate of drug-likeness (QED) is 0.654. The van der Waals surface area contributed by atoms with Gasteiger partial charge in [0.25, 0.3) is 0 Å². The lowest BCUT2D eigenvalue weighted by Gasteiger charge is -2.19. The fourth-order valence-corrected chi connectivity index (χ4v) is 1.96. The van der Waals surface area contributed by atoms with Gasteiger partial charge >= 0.3 is 0 Å². The van der Waals surface area contributed by atoms with E-state index < -0.39 is 6.10 Å². The highest BCUT2D eigenvalue weighted by Gasteiger charge is 2.29. The second-order valence-corrected chi connectivity index (χ2v) is 4.05. The van der Waals surface area contributed by atoms with Gasteiger partial charge in [-0.05, 0) is 12.3 Å². The Hall–Kier alpha value is -0.610. The molecule has 1 saturated heterocycles. The summed E-state index contributed by atoms with van der Waals surface area (Å²) in [5.74, 6) is 0.647. The third-order valence-electron chi connectivity index (χ3n) is 2.69. The maximum absolute atomic E-state index is 11.5. The van der Waals surface area contributed by atoms with Crippen molar-refractivity contribution < 1.29 is 9.90 Å². The summed E-state index contributed by atoms with van der Waals surface area (Å²) in [5.41, 5.74) is 5.30. The molecule has 3 N–H and O–H groups in total. The van der Waals surface area contributed by atoms with Crippen molar-refractivity contribution >= 4 is 5.91 Å². The lowest BCUT2D eigenvalue weighted by Crippen LogP contribution is -2.37. The van der Waals surface area contributed by atoms with E-state index in [4.69, 9.17) is 5.73 Å². The van der Waals surface area contributed by atoms with Crippen molar-refractivity contribution in [2.75, 3.05) is 19.6 Å². The van der Waals surface area contributed by atoms with Gasteiger partial charge in [0.2, 0.25) is 5.91 Å². The van der Waals surface area contributed by atoms with Crippen LogP contribution in [0, 0.1) is 5.92 Å². The summed E-state index contributed by atoms with van der Waals surface area (Å²) in [6.45, 7) is 3.55. The predicted octanol–water partition coefficient (Wildman–Crippen LogP) is -0.0454. The number of nitrogens with two attached hydrogens (primary N) is 1. The molecule has 0 radical (unpaired) electrons. The summed E-state index contributed by atoms with van der Waals surface area (Å²) >= 11 is 0. The van der Waals surface area contributed by atoms with Crippen molar-refractivity contribution in [2.45, 2.75) is 32.3 Å². The first kappa shape index (κ1) is 11.5. The molecule has 0 aromatic rings. The molecular weight excluding hydrogens is 180 g/mol. The smallest absolute Gasteiger partial charge is 0.223 e. The van der Waals surface area contributed by atoms with Gasteiger partial charge in [-0.2, -0.15) is 0 Å². The van der Waals surface area contributed by atoms with Gasteiger partial charge in [-0.15, -0.1) is 0 Å². The molecule has 1 aliphatic rings. The minimum absolute atomic E-state index is 0.163. The van der Waals surface area contributed by atoms with Crippen LogP contribution in [0.15, 0.2) is 0 Å². The monoisotopic (exact) mass is 200 g/mol. The van der Waals surface area contributed by atoms with Gasteiger partial charge in [0, 0.05) is 26.1 Å². The summed E-state index contributed by atoms with van der Waals surface area (Å²) in [7, 11) is 0. The molecule has 0 spiro atoms. The van der Waals surface area contributed by atoms with E-state index in [9.17, 15) is 9.90 Å². The van der Waals surface area contributed by atoms with E-state index in [0.717, 1.165) is 19.4 Å². The second-order valence-electron chi connectivity index (χ2n) is 4.05. The zero-order valence-corrected chi connectivity index (χ0v) is 8.78. The van der Waals surface area contributed by atoms with Crippen LogP contribution in [0.1, 0.15) is 26.2 Å². The summed E-state index contributed by atoms with van der Waals surface area (Å²) in [6.07, 6.45) is 2.29. The molecule has 82 valence electrons. The minimum Gasteiger partial charge on any atom is -0.390 e. The summed E-state index contributed by atoms with van der Waals surface area (Å²) in [5, 5.41) is 9.33. The summed E-state index contributed by atoms with van der Waals surface area (Å²) in [6, 6.07) is 0. The lowest BCUT2D eigenvalue weighted by atomic mass is 10.0. The average molecular weight is 200 g/mol. The van der Waals surface area contributed by atoms with Crippen LogP contribution in [0.25, 0.3) is 0 Å². The van der Waals surface area contributed by atoms with Crippen molar-refractivity contribution in [3.63, 3.8) is 0 Å². The van der Waals surface area contributed by atoms with Gasteiger partial charge in [-0.25, -0.2) is 0 Å². The average Bonchev–Trinajstić information content (AvgIpc) is 2.47. The Morgan fingerprint density at radius 3 is 3.00 bits per heavy atom. The van der Waals surface area contributed by atoms with Crippen molar-refractivity contribution in [3.05, 3.63) is 0 Å². The maximum atomic E-state index is 11.5. The molecule has 1 heterocycles. The van der Waals surface area contributed by atoms with Crippen LogP contribution < -0.4 is 5.73 Å². The maximum Gasteiger partial charge on any atom is 0.223 e. The molecule has 0 aliphatic carbocycles. The van der Waals surface area contributed by atoms with E-state index >= 15 is 0 Å². The highest BCUT2D eigenvalue weighted by Crippen LogP contribution is 2.21. The molecule has 0 saturated carbocycles. The Balaban J connectivity index is 2.36.